The van der Waals surface area contributed by atoms with Crippen molar-refractivity contribution in [2.45, 2.75) is 6.61 Å². The fourth-order valence-electron chi connectivity index (χ4n) is 0.945. The molecule has 0 saturated carbocycles. The maximum Gasteiger partial charge on any atom is 0.179 e. The zero-order valence-electron chi connectivity index (χ0n) is 7.01. The average molecular weight is 250 g/mol. The van der Waals surface area contributed by atoms with Crippen LogP contribution in [0.5, 0.6) is 5.75 Å². The monoisotopic (exact) mass is 249 g/mol. The fourth-order valence-corrected chi connectivity index (χ4v) is 1.43. The van der Waals surface area contributed by atoms with Gasteiger partial charge in [-0.3, -0.25) is 4.84 Å². The molecule has 0 atom stereocenters. The van der Waals surface area contributed by atoms with Gasteiger partial charge in [-0.15, -0.1) is 0 Å². The van der Waals surface area contributed by atoms with Crippen molar-refractivity contribution < 1.29 is 14.0 Å². The second-order valence-electron chi connectivity index (χ2n) is 2.40. The van der Waals surface area contributed by atoms with E-state index in [0.29, 0.717) is 4.47 Å². The van der Waals surface area contributed by atoms with E-state index < -0.39 is 5.82 Å². The van der Waals surface area contributed by atoms with E-state index in [1.54, 1.807) is 6.07 Å². The maximum absolute atomic E-state index is 13.2. The highest BCUT2D eigenvalue weighted by Gasteiger charge is 2.08. The highest BCUT2D eigenvalue weighted by Crippen LogP contribution is 2.26. The normalized spacial score (nSPS) is 10.2. The Balaban J connectivity index is 3.06. The van der Waals surface area contributed by atoms with Crippen LogP contribution in [0.2, 0.25) is 0 Å². The van der Waals surface area contributed by atoms with Crippen molar-refractivity contribution in [2.24, 2.45) is 5.90 Å². The smallest absolute Gasteiger partial charge is 0.179 e. The molecule has 3 nitrogen and oxygen atoms in total. The molecule has 1 rings (SSSR count). The summed E-state index contributed by atoms with van der Waals surface area (Å²) < 4.78 is 18.3. The Morgan fingerprint density at radius 1 is 1.54 bits per heavy atom. The van der Waals surface area contributed by atoms with E-state index in [-0.39, 0.29) is 12.4 Å². The lowest BCUT2D eigenvalue weighted by atomic mass is 10.2. The molecule has 0 heterocycles. The molecule has 13 heavy (non-hydrogen) atoms. The predicted octanol–water partition coefficient (Wildman–Crippen LogP) is 1.99. The summed E-state index contributed by atoms with van der Waals surface area (Å²) in [6.45, 7) is 0.218. The second-order valence-corrected chi connectivity index (χ2v) is 3.26. The Bertz CT molecular complexity index is 306. The van der Waals surface area contributed by atoms with Gasteiger partial charge >= 0.3 is 0 Å². The summed E-state index contributed by atoms with van der Waals surface area (Å²) in [7, 11) is 1.40. The first kappa shape index (κ1) is 10.4. The van der Waals surface area contributed by atoms with E-state index in [0.717, 1.165) is 5.56 Å². The molecule has 0 amide bonds. The van der Waals surface area contributed by atoms with E-state index >= 15 is 0 Å². The number of rotatable bonds is 3. The van der Waals surface area contributed by atoms with E-state index in [4.69, 9.17) is 10.6 Å². The van der Waals surface area contributed by atoms with Crippen molar-refractivity contribution in [1.82, 2.24) is 0 Å². The SMILES string of the molecule is COc1cc(CON)cc(Br)c1F. The Kier molecular flexibility index (Phi) is 3.65. The summed E-state index contributed by atoms with van der Waals surface area (Å²) in [6.07, 6.45) is 0. The molecule has 0 fully saturated rings. The molecule has 0 aromatic heterocycles. The molecular weight excluding hydrogens is 241 g/mol. The van der Waals surface area contributed by atoms with E-state index in [9.17, 15) is 4.39 Å². The summed E-state index contributed by atoms with van der Waals surface area (Å²) in [4.78, 5) is 4.42. The minimum Gasteiger partial charge on any atom is -0.494 e. The summed E-state index contributed by atoms with van der Waals surface area (Å²) in [5.74, 6) is 4.63. The van der Waals surface area contributed by atoms with Crippen LogP contribution in [0, 0.1) is 5.82 Å². The van der Waals surface area contributed by atoms with Gasteiger partial charge in [-0.2, -0.15) is 0 Å². The van der Waals surface area contributed by atoms with E-state index in [1.165, 1.54) is 13.2 Å². The third-order valence-corrected chi connectivity index (χ3v) is 2.10. The Labute approximate surface area is 83.7 Å². The zero-order chi connectivity index (χ0) is 9.84. The van der Waals surface area contributed by atoms with Gasteiger partial charge in [0.25, 0.3) is 0 Å². The van der Waals surface area contributed by atoms with Crippen LogP contribution in [0.15, 0.2) is 16.6 Å². The molecule has 0 aliphatic heterocycles. The molecule has 2 N–H and O–H groups in total. The van der Waals surface area contributed by atoms with Crippen LogP contribution in [-0.4, -0.2) is 7.11 Å². The van der Waals surface area contributed by atoms with Gasteiger partial charge in [0, 0.05) is 0 Å². The first-order valence-electron chi connectivity index (χ1n) is 3.52. The van der Waals surface area contributed by atoms with Gasteiger partial charge in [-0.1, -0.05) is 0 Å². The number of nitrogens with two attached hydrogens (primary N) is 1. The van der Waals surface area contributed by atoms with Gasteiger partial charge in [0.05, 0.1) is 18.2 Å². The summed E-state index contributed by atoms with van der Waals surface area (Å²) in [6, 6.07) is 3.12. The number of hydrogen-bond donors (Lipinski definition) is 1. The quantitative estimate of drug-likeness (QED) is 0.834. The lowest BCUT2D eigenvalue weighted by Crippen LogP contribution is -2.00. The second kappa shape index (κ2) is 4.55. The van der Waals surface area contributed by atoms with Gasteiger partial charge in [0.15, 0.2) is 11.6 Å². The lowest BCUT2D eigenvalue weighted by molar-refractivity contribution is 0.124. The van der Waals surface area contributed by atoms with Crippen LogP contribution in [0.3, 0.4) is 0 Å². The summed E-state index contributed by atoms with van der Waals surface area (Å²) in [5, 5.41) is 0. The van der Waals surface area contributed by atoms with Crippen molar-refractivity contribution in [3.05, 3.63) is 28.0 Å². The molecule has 0 bridgehead atoms. The molecule has 0 aliphatic rings. The highest BCUT2D eigenvalue weighted by molar-refractivity contribution is 9.10. The van der Waals surface area contributed by atoms with Crippen LogP contribution < -0.4 is 10.6 Å². The standard InChI is InChI=1S/C8H9BrFNO2/c1-12-7-3-5(4-13-11)2-6(9)8(7)10/h2-3H,4,11H2,1H3. The number of ether oxygens (including phenoxy) is 1. The summed E-state index contributed by atoms with van der Waals surface area (Å²) in [5.41, 5.74) is 0.743. The third-order valence-electron chi connectivity index (χ3n) is 1.52. The van der Waals surface area contributed by atoms with Crippen LogP contribution in [0.25, 0.3) is 0 Å². The van der Waals surface area contributed by atoms with Crippen molar-refractivity contribution in [3.63, 3.8) is 0 Å². The number of hydrogen-bond acceptors (Lipinski definition) is 3. The molecule has 0 unspecified atom stereocenters. The van der Waals surface area contributed by atoms with Crippen molar-refractivity contribution in [3.8, 4) is 5.75 Å². The zero-order valence-corrected chi connectivity index (χ0v) is 8.60. The van der Waals surface area contributed by atoms with Gasteiger partial charge in [-0.25, -0.2) is 10.3 Å². The van der Waals surface area contributed by atoms with Crippen LogP contribution >= 0.6 is 15.9 Å². The van der Waals surface area contributed by atoms with E-state index in [2.05, 4.69) is 20.8 Å². The van der Waals surface area contributed by atoms with Gasteiger partial charge in [0.1, 0.15) is 0 Å². The van der Waals surface area contributed by atoms with E-state index in [1.807, 2.05) is 0 Å². The van der Waals surface area contributed by atoms with Crippen LogP contribution in [0.4, 0.5) is 4.39 Å². The molecular formula is C8H9BrFNO2. The van der Waals surface area contributed by atoms with Crippen LogP contribution in [-0.2, 0) is 11.4 Å². The minimum absolute atomic E-state index is 0.168. The number of halogens is 2. The first-order chi connectivity index (χ1) is 6.19. The average Bonchev–Trinajstić information content (AvgIpc) is 2.11. The molecule has 0 spiro atoms. The fraction of sp³-hybridized carbons (Fsp3) is 0.250. The molecule has 0 radical (unpaired) electrons. The topological polar surface area (TPSA) is 44.5 Å². The lowest BCUT2D eigenvalue weighted by Gasteiger charge is -2.06. The number of methoxy groups -OCH3 is 1. The minimum atomic E-state index is -0.428. The molecule has 0 saturated heterocycles. The third kappa shape index (κ3) is 2.40. The van der Waals surface area contributed by atoms with Crippen LogP contribution in [0.1, 0.15) is 5.56 Å². The van der Waals surface area contributed by atoms with Gasteiger partial charge in [-0.05, 0) is 33.6 Å². The Morgan fingerprint density at radius 2 is 2.23 bits per heavy atom. The largest absolute Gasteiger partial charge is 0.494 e. The van der Waals surface area contributed by atoms with Crippen molar-refractivity contribution in [1.29, 1.82) is 0 Å². The highest BCUT2D eigenvalue weighted by atomic mass is 79.9. The molecule has 1 aromatic rings. The summed E-state index contributed by atoms with van der Waals surface area (Å²) >= 11 is 3.06. The molecule has 5 heteroatoms. The van der Waals surface area contributed by atoms with Crippen molar-refractivity contribution in [2.75, 3.05) is 7.11 Å². The maximum atomic E-state index is 13.2. The molecule has 0 aliphatic carbocycles. The predicted molar refractivity (Wildman–Crippen MR) is 49.6 cm³/mol. The Hall–Kier alpha value is -0.650. The Morgan fingerprint density at radius 3 is 2.77 bits per heavy atom. The van der Waals surface area contributed by atoms with Gasteiger partial charge < -0.3 is 4.74 Å². The first-order valence-corrected chi connectivity index (χ1v) is 4.32. The van der Waals surface area contributed by atoms with Gasteiger partial charge in [0.2, 0.25) is 0 Å². The molecule has 72 valence electrons. The molecule has 1 aromatic carbocycles. The number of benzene rings is 1. The van der Waals surface area contributed by atoms with Crippen molar-refractivity contribution >= 4 is 15.9 Å².